The fourth-order valence-corrected chi connectivity index (χ4v) is 5.30. The number of carbonyl (C=O) groups excluding carboxylic acids is 1. The van der Waals surface area contributed by atoms with E-state index in [1.54, 1.807) is 6.20 Å². The van der Waals surface area contributed by atoms with Crippen molar-refractivity contribution in [3.63, 3.8) is 0 Å². The summed E-state index contributed by atoms with van der Waals surface area (Å²) in [5.74, 6) is 1.02. The minimum Gasteiger partial charge on any atom is -0.339 e. The van der Waals surface area contributed by atoms with E-state index in [0.717, 1.165) is 62.6 Å². The lowest BCUT2D eigenvalue weighted by atomic mass is 9.96. The van der Waals surface area contributed by atoms with Crippen LogP contribution in [-0.2, 0) is 12.1 Å². The Morgan fingerprint density at radius 3 is 2.67 bits per heavy atom. The van der Waals surface area contributed by atoms with Crippen LogP contribution in [0.2, 0.25) is 0 Å². The van der Waals surface area contributed by atoms with Crippen molar-refractivity contribution < 1.29 is 9.32 Å². The molecule has 0 bridgehead atoms. The van der Waals surface area contributed by atoms with Crippen LogP contribution < -0.4 is 5.32 Å². The third-order valence-corrected chi connectivity index (χ3v) is 7.33. The topological polar surface area (TPSA) is 102 Å². The van der Waals surface area contributed by atoms with Crippen LogP contribution in [0.1, 0.15) is 93.3 Å². The molecule has 0 radical (unpaired) electrons. The molecule has 176 valence electrons. The summed E-state index contributed by atoms with van der Waals surface area (Å²) in [6.07, 6.45) is 11.9. The van der Waals surface area contributed by atoms with Gasteiger partial charge in [-0.2, -0.15) is 10.1 Å². The van der Waals surface area contributed by atoms with Crippen LogP contribution in [0.4, 0.5) is 0 Å². The zero-order chi connectivity index (χ0) is 22.8. The second kappa shape index (κ2) is 9.21. The van der Waals surface area contributed by atoms with Gasteiger partial charge in [0.2, 0.25) is 5.89 Å². The maximum absolute atomic E-state index is 13.3. The number of hydrogen-bond acceptors (Lipinski definition) is 7. The summed E-state index contributed by atoms with van der Waals surface area (Å²) in [6.45, 7) is 6.69. The Morgan fingerprint density at radius 1 is 1.18 bits per heavy atom. The number of amides is 1. The van der Waals surface area contributed by atoms with Gasteiger partial charge >= 0.3 is 0 Å². The normalized spacial score (nSPS) is 18.5. The Balaban J connectivity index is 1.36. The van der Waals surface area contributed by atoms with E-state index in [0.29, 0.717) is 29.9 Å². The molecule has 0 unspecified atom stereocenters. The summed E-state index contributed by atoms with van der Waals surface area (Å²) < 4.78 is 7.58. The van der Waals surface area contributed by atoms with Crippen LogP contribution in [0.25, 0.3) is 11.0 Å². The summed E-state index contributed by atoms with van der Waals surface area (Å²) >= 11 is 0. The first kappa shape index (κ1) is 22.0. The van der Waals surface area contributed by atoms with Gasteiger partial charge in [0.05, 0.1) is 24.3 Å². The Hall–Kier alpha value is -2.81. The largest absolute Gasteiger partial charge is 0.339 e. The summed E-state index contributed by atoms with van der Waals surface area (Å²) in [4.78, 5) is 24.8. The molecule has 3 heterocycles. The Labute approximate surface area is 193 Å². The van der Waals surface area contributed by atoms with Crippen LogP contribution in [-0.4, -0.2) is 48.8 Å². The van der Waals surface area contributed by atoms with E-state index in [1.807, 2.05) is 16.9 Å². The van der Waals surface area contributed by atoms with Gasteiger partial charge in [-0.15, -0.1) is 0 Å². The van der Waals surface area contributed by atoms with Gasteiger partial charge in [0.1, 0.15) is 5.54 Å². The highest BCUT2D eigenvalue weighted by atomic mass is 16.5. The molecule has 0 atom stereocenters. The fourth-order valence-electron chi connectivity index (χ4n) is 5.30. The molecular formula is C24H33N7O2. The molecule has 2 fully saturated rings. The molecule has 2 aliphatic carbocycles. The van der Waals surface area contributed by atoms with Crippen LogP contribution in [0.5, 0.6) is 0 Å². The highest BCUT2D eigenvalue weighted by Gasteiger charge is 2.41. The quantitative estimate of drug-likeness (QED) is 0.553. The van der Waals surface area contributed by atoms with Gasteiger partial charge in [-0.1, -0.05) is 44.7 Å². The summed E-state index contributed by atoms with van der Waals surface area (Å²) in [5.41, 5.74) is 0.797. The van der Waals surface area contributed by atoms with E-state index in [2.05, 4.69) is 44.3 Å². The third kappa shape index (κ3) is 4.26. The lowest BCUT2D eigenvalue weighted by Gasteiger charge is -2.26. The molecule has 5 rings (SSSR count). The summed E-state index contributed by atoms with van der Waals surface area (Å²) in [7, 11) is 0. The molecule has 1 N–H and O–H groups in total. The molecule has 3 aromatic heterocycles. The summed E-state index contributed by atoms with van der Waals surface area (Å²) in [5, 5.41) is 13.0. The molecule has 0 saturated heterocycles. The Bertz CT molecular complexity index is 1110. The van der Waals surface area contributed by atoms with Crippen LogP contribution >= 0.6 is 0 Å². The monoisotopic (exact) mass is 451 g/mol. The van der Waals surface area contributed by atoms with E-state index in [-0.39, 0.29) is 5.91 Å². The minimum absolute atomic E-state index is 0.157. The Morgan fingerprint density at radius 2 is 1.94 bits per heavy atom. The van der Waals surface area contributed by atoms with Crippen molar-refractivity contribution >= 4 is 16.9 Å². The first-order chi connectivity index (χ1) is 16.1. The smallest absolute Gasteiger partial charge is 0.253 e. The zero-order valence-corrected chi connectivity index (χ0v) is 19.6. The second-order valence-electron chi connectivity index (χ2n) is 9.38. The number of carbonyl (C=O) groups is 1. The molecule has 2 aliphatic rings. The van der Waals surface area contributed by atoms with Gasteiger partial charge in [0.15, 0.2) is 11.5 Å². The molecule has 0 aromatic carbocycles. The van der Waals surface area contributed by atoms with Crippen molar-refractivity contribution in [2.45, 2.75) is 83.3 Å². The Kier molecular flexibility index (Phi) is 6.14. The lowest BCUT2D eigenvalue weighted by molar-refractivity contribution is 0.0891. The van der Waals surface area contributed by atoms with Gasteiger partial charge < -0.3 is 9.84 Å². The zero-order valence-electron chi connectivity index (χ0n) is 19.6. The maximum Gasteiger partial charge on any atom is 0.253 e. The molecular weight excluding hydrogens is 418 g/mol. The SMILES string of the molecule is CCN(CC)Cc1nc(C2(NC(=O)c3cnc4c(cnn4C4CCCC4)c3)CCCC2)no1. The predicted octanol–water partition coefficient (Wildman–Crippen LogP) is 3.97. The third-order valence-electron chi connectivity index (χ3n) is 7.33. The van der Waals surface area contributed by atoms with Crippen molar-refractivity contribution in [2.75, 3.05) is 13.1 Å². The number of aromatic nitrogens is 5. The van der Waals surface area contributed by atoms with Crippen molar-refractivity contribution in [2.24, 2.45) is 0 Å². The number of hydrogen-bond donors (Lipinski definition) is 1. The molecule has 0 aliphatic heterocycles. The fraction of sp³-hybridized carbons (Fsp3) is 0.625. The van der Waals surface area contributed by atoms with Crippen molar-refractivity contribution in [1.82, 2.24) is 35.1 Å². The van der Waals surface area contributed by atoms with Crippen LogP contribution in [0.3, 0.4) is 0 Å². The first-order valence-electron chi connectivity index (χ1n) is 12.3. The minimum atomic E-state index is -0.592. The number of nitrogens with one attached hydrogen (secondary N) is 1. The number of rotatable bonds is 8. The average Bonchev–Trinajstić information content (AvgIpc) is 3.63. The molecule has 3 aromatic rings. The highest BCUT2D eigenvalue weighted by molar-refractivity contribution is 5.97. The predicted molar refractivity (Wildman–Crippen MR) is 124 cm³/mol. The molecule has 33 heavy (non-hydrogen) atoms. The maximum atomic E-state index is 13.3. The average molecular weight is 452 g/mol. The molecule has 1 amide bonds. The van der Waals surface area contributed by atoms with Crippen LogP contribution in [0, 0.1) is 0 Å². The van der Waals surface area contributed by atoms with E-state index in [4.69, 9.17) is 4.52 Å². The first-order valence-corrected chi connectivity index (χ1v) is 12.3. The van der Waals surface area contributed by atoms with Gasteiger partial charge in [0, 0.05) is 11.6 Å². The molecule has 9 heteroatoms. The van der Waals surface area contributed by atoms with Gasteiger partial charge in [-0.25, -0.2) is 9.67 Å². The van der Waals surface area contributed by atoms with E-state index in [1.165, 1.54) is 12.8 Å². The molecule has 9 nitrogen and oxygen atoms in total. The van der Waals surface area contributed by atoms with Gasteiger partial charge in [-0.05, 0) is 44.8 Å². The van der Waals surface area contributed by atoms with Crippen LogP contribution in [0.15, 0.2) is 23.0 Å². The van der Waals surface area contributed by atoms with Crippen molar-refractivity contribution in [3.8, 4) is 0 Å². The van der Waals surface area contributed by atoms with E-state index >= 15 is 0 Å². The van der Waals surface area contributed by atoms with Crippen molar-refractivity contribution in [1.29, 1.82) is 0 Å². The van der Waals surface area contributed by atoms with E-state index in [9.17, 15) is 4.79 Å². The number of pyridine rings is 1. The van der Waals surface area contributed by atoms with Crippen molar-refractivity contribution in [3.05, 3.63) is 35.7 Å². The van der Waals surface area contributed by atoms with Gasteiger partial charge in [0.25, 0.3) is 5.91 Å². The molecule has 0 spiro atoms. The summed E-state index contributed by atoms with van der Waals surface area (Å²) in [6, 6.07) is 2.31. The standard InChI is InChI=1S/C24H33N7O2/c1-3-30(4-2)16-20-27-23(29-33-20)24(11-7-8-12-24)28-22(32)18-13-17-15-26-31(21(17)25-14-18)19-9-5-6-10-19/h13-15,19H,3-12,16H2,1-2H3,(H,28,32). The number of fused-ring (bicyclic) bond motifs is 1. The van der Waals surface area contributed by atoms with Gasteiger partial charge in [-0.3, -0.25) is 9.69 Å². The number of nitrogens with zero attached hydrogens (tertiary/aromatic N) is 6. The highest BCUT2D eigenvalue weighted by Crippen LogP contribution is 2.38. The molecule has 2 saturated carbocycles. The second-order valence-corrected chi connectivity index (χ2v) is 9.38. The lowest BCUT2D eigenvalue weighted by Crippen LogP contribution is -2.44. The van der Waals surface area contributed by atoms with E-state index < -0.39 is 5.54 Å².